The molecule has 4 rings (SSSR count). The fraction of sp³-hybridized carbons (Fsp3) is 0.174. The summed E-state index contributed by atoms with van der Waals surface area (Å²) in [5, 5.41) is 0.512. The van der Waals surface area contributed by atoms with E-state index in [4.69, 9.17) is 0 Å². The van der Waals surface area contributed by atoms with E-state index in [1.165, 1.54) is 14.0 Å². The zero-order valence-electron chi connectivity index (χ0n) is 16.6. The number of para-hydroxylation sites is 1. The van der Waals surface area contributed by atoms with Gasteiger partial charge in [0.2, 0.25) is 0 Å². The van der Waals surface area contributed by atoms with E-state index >= 15 is 0 Å². The lowest BCUT2D eigenvalue weighted by Gasteiger charge is -2.18. The highest BCUT2D eigenvalue weighted by molar-refractivity contribution is 8.18. The van der Waals surface area contributed by atoms with Crippen LogP contribution in [0.5, 0.6) is 0 Å². The summed E-state index contributed by atoms with van der Waals surface area (Å²) in [6, 6.07) is 17.1. The highest BCUT2D eigenvalue weighted by Crippen LogP contribution is 2.35. The Bertz CT molecular complexity index is 1170. The number of esters is 1. The second-order valence-electron chi connectivity index (χ2n) is 6.97. The minimum atomic E-state index is -0.965. The molecule has 1 aromatic heterocycles. The van der Waals surface area contributed by atoms with Crippen molar-refractivity contribution in [3.63, 3.8) is 0 Å². The van der Waals surface area contributed by atoms with Crippen LogP contribution < -0.4 is 0 Å². The van der Waals surface area contributed by atoms with Crippen LogP contribution in [0.3, 0.4) is 0 Å². The van der Waals surface area contributed by atoms with E-state index in [0.29, 0.717) is 11.4 Å². The summed E-state index contributed by atoms with van der Waals surface area (Å²) in [6.07, 6.45) is 3.70. The van der Waals surface area contributed by atoms with E-state index in [-0.39, 0.29) is 0 Å². The lowest BCUT2D eigenvalue weighted by molar-refractivity contribution is -0.148. The third kappa shape index (κ3) is 3.64. The van der Waals surface area contributed by atoms with E-state index in [1.54, 1.807) is 6.08 Å². The zero-order chi connectivity index (χ0) is 21.3. The van der Waals surface area contributed by atoms with Gasteiger partial charge in [-0.25, -0.2) is 4.79 Å². The molecule has 2 heterocycles. The molecule has 1 aliphatic heterocycles. The van der Waals surface area contributed by atoms with Crippen molar-refractivity contribution >= 4 is 45.9 Å². The average Bonchev–Trinajstić information content (AvgIpc) is 3.24. The Balaban J connectivity index is 1.70. The van der Waals surface area contributed by atoms with Gasteiger partial charge in [-0.05, 0) is 36.4 Å². The summed E-state index contributed by atoms with van der Waals surface area (Å²) >= 11 is 0.836. The summed E-state index contributed by atoms with van der Waals surface area (Å²) in [5.41, 5.74) is 3.05. The van der Waals surface area contributed by atoms with Gasteiger partial charge in [0.1, 0.15) is 6.04 Å². The van der Waals surface area contributed by atoms with E-state index in [2.05, 4.69) is 21.4 Å². The van der Waals surface area contributed by atoms with Crippen LogP contribution in [0.15, 0.2) is 65.7 Å². The maximum atomic E-state index is 12.8. The number of nitrogens with zero attached hydrogens (tertiary/aromatic N) is 2. The van der Waals surface area contributed by atoms with Crippen molar-refractivity contribution in [2.24, 2.45) is 0 Å². The van der Waals surface area contributed by atoms with Crippen LogP contribution in [-0.4, -0.2) is 39.7 Å². The van der Waals surface area contributed by atoms with E-state index < -0.39 is 23.2 Å². The fourth-order valence-corrected chi connectivity index (χ4v) is 4.43. The lowest BCUT2D eigenvalue weighted by Crippen LogP contribution is -2.42. The Morgan fingerprint density at radius 2 is 1.80 bits per heavy atom. The Labute approximate surface area is 178 Å². The molecule has 30 heavy (non-hydrogen) atoms. The topological polar surface area (TPSA) is 68.6 Å². The molecule has 0 spiro atoms. The second-order valence-corrected chi connectivity index (χ2v) is 7.96. The molecule has 0 saturated carbocycles. The summed E-state index contributed by atoms with van der Waals surface area (Å²) in [5.74, 6) is -1.11. The lowest BCUT2D eigenvalue weighted by atomic mass is 10.1. The molecule has 0 bridgehead atoms. The number of hydrogen-bond acceptors (Lipinski definition) is 5. The molecule has 1 aliphatic rings. The molecule has 152 valence electrons. The SMILES string of the molecule is COC(=O)[C@@H](C)N1C(=O)S/C(=C/c2cn(Cc3ccccc3)c3ccccc23)C1=O. The first kappa shape index (κ1) is 20.0. The number of aromatic nitrogens is 1. The third-order valence-corrected chi connectivity index (χ3v) is 5.94. The summed E-state index contributed by atoms with van der Waals surface area (Å²) < 4.78 is 6.80. The summed E-state index contributed by atoms with van der Waals surface area (Å²) in [7, 11) is 1.23. The number of benzene rings is 2. The van der Waals surface area contributed by atoms with E-state index in [0.717, 1.165) is 38.7 Å². The molecule has 2 aromatic carbocycles. The first-order chi connectivity index (χ1) is 14.5. The number of thioether (sulfide) groups is 1. The maximum Gasteiger partial charge on any atom is 0.328 e. The Hall–Kier alpha value is -3.32. The van der Waals surface area contributed by atoms with Gasteiger partial charge in [0.05, 0.1) is 12.0 Å². The molecule has 3 aromatic rings. The van der Waals surface area contributed by atoms with Crippen LogP contribution in [0.25, 0.3) is 17.0 Å². The quantitative estimate of drug-likeness (QED) is 0.455. The summed E-state index contributed by atoms with van der Waals surface area (Å²) in [6.45, 7) is 2.17. The van der Waals surface area contributed by atoms with Crippen molar-refractivity contribution in [2.45, 2.75) is 19.5 Å². The Morgan fingerprint density at radius 1 is 1.10 bits per heavy atom. The Kier molecular flexibility index (Phi) is 5.46. The monoisotopic (exact) mass is 420 g/mol. The van der Waals surface area contributed by atoms with Crippen LogP contribution in [0, 0.1) is 0 Å². The Morgan fingerprint density at radius 3 is 2.53 bits per heavy atom. The van der Waals surface area contributed by atoms with Crippen molar-refractivity contribution < 1.29 is 19.1 Å². The van der Waals surface area contributed by atoms with Gasteiger partial charge >= 0.3 is 5.97 Å². The van der Waals surface area contributed by atoms with Crippen molar-refractivity contribution in [3.05, 3.63) is 76.8 Å². The molecule has 7 heteroatoms. The minimum Gasteiger partial charge on any atom is -0.467 e. The van der Waals surface area contributed by atoms with Crippen molar-refractivity contribution in [3.8, 4) is 0 Å². The van der Waals surface area contributed by atoms with Gasteiger partial charge in [-0.1, -0.05) is 48.5 Å². The molecule has 0 unspecified atom stereocenters. The fourth-order valence-electron chi connectivity index (χ4n) is 3.53. The van der Waals surface area contributed by atoms with Gasteiger partial charge in [-0.2, -0.15) is 0 Å². The van der Waals surface area contributed by atoms with Gasteiger partial charge in [0.15, 0.2) is 0 Å². The number of imide groups is 1. The zero-order valence-corrected chi connectivity index (χ0v) is 17.4. The first-order valence-corrected chi connectivity index (χ1v) is 10.3. The largest absolute Gasteiger partial charge is 0.467 e. The highest BCUT2D eigenvalue weighted by Gasteiger charge is 2.41. The van der Waals surface area contributed by atoms with Crippen molar-refractivity contribution in [2.75, 3.05) is 7.11 Å². The van der Waals surface area contributed by atoms with Crippen LogP contribution in [0.1, 0.15) is 18.1 Å². The average molecular weight is 420 g/mol. The van der Waals surface area contributed by atoms with Crippen LogP contribution in [0.4, 0.5) is 4.79 Å². The summed E-state index contributed by atoms with van der Waals surface area (Å²) in [4.78, 5) is 38.2. The second kappa shape index (κ2) is 8.20. The van der Waals surface area contributed by atoms with Crippen molar-refractivity contribution in [1.29, 1.82) is 0 Å². The van der Waals surface area contributed by atoms with Crippen molar-refractivity contribution in [1.82, 2.24) is 9.47 Å². The molecule has 6 nitrogen and oxygen atoms in total. The number of fused-ring (bicyclic) bond motifs is 1. The third-order valence-electron chi connectivity index (χ3n) is 5.05. The number of carbonyl (C=O) groups excluding carboxylic acids is 3. The number of amides is 2. The number of carbonyl (C=O) groups is 3. The molecule has 0 aliphatic carbocycles. The molecule has 0 N–H and O–H groups in total. The smallest absolute Gasteiger partial charge is 0.328 e. The van der Waals surface area contributed by atoms with Gasteiger partial charge in [-0.3, -0.25) is 14.5 Å². The highest BCUT2D eigenvalue weighted by atomic mass is 32.2. The predicted molar refractivity (Wildman–Crippen MR) is 117 cm³/mol. The van der Waals surface area contributed by atoms with E-state index in [9.17, 15) is 14.4 Å². The first-order valence-electron chi connectivity index (χ1n) is 9.46. The standard InChI is InChI=1S/C23H20N2O4S/c1-15(22(27)29-2)25-21(26)20(30-23(25)28)12-17-14-24(13-16-8-4-3-5-9-16)19-11-7-6-10-18(17)19/h3-12,14-15H,13H2,1-2H3/b20-12+/t15-/m1/s1. The number of ether oxygens (including phenoxy) is 1. The molecule has 1 fully saturated rings. The molecule has 1 atom stereocenters. The van der Waals surface area contributed by atoms with Crippen LogP contribution in [0.2, 0.25) is 0 Å². The molecular formula is C23H20N2O4S. The number of hydrogen-bond donors (Lipinski definition) is 0. The van der Waals surface area contributed by atoms with Crippen LogP contribution in [-0.2, 0) is 20.9 Å². The minimum absolute atomic E-state index is 0.290. The van der Waals surface area contributed by atoms with Crippen LogP contribution >= 0.6 is 11.8 Å². The maximum absolute atomic E-state index is 12.8. The molecular weight excluding hydrogens is 400 g/mol. The van der Waals surface area contributed by atoms with E-state index in [1.807, 2.05) is 48.7 Å². The molecule has 0 radical (unpaired) electrons. The van der Waals surface area contributed by atoms with Gasteiger partial charge in [0.25, 0.3) is 11.1 Å². The van der Waals surface area contributed by atoms with Gasteiger partial charge < -0.3 is 9.30 Å². The molecule has 2 amide bonds. The molecule has 1 saturated heterocycles. The number of rotatable bonds is 5. The number of methoxy groups -OCH3 is 1. The van der Waals surface area contributed by atoms with Gasteiger partial charge in [0, 0.05) is 29.2 Å². The normalized spacial score (nSPS) is 16.5. The predicted octanol–water partition coefficient (Wildman–Crippen LogP) is 4.29. The van der Waals surface area contributed by atoms with Gasteiger partial charge in [-0.15, -0.1) is 0 Å².